The highest BCUT2D eigenvalue weighted by atomic mass is 32.2. The molecule has 1 N–H and O–H groups in total. The largest absolute Gasteiger partial charge is 0.493 e. The van der Waals surface area contributed by atoms with Gasteiger partial charge >= 0.3 is 0 Å². The van der Waals surface area contributed by atoms with Crippen LogP contribution in [0.15, 0.2) is 58.5 Å². The van der Waals surface area contributed by atoms with E-state index in [0.717, 1.165) is 5.56 Å². The number of rotatable bonds is 13. The quantitative estimate of drug-likeness (QED) is 0.173. The Balaban J connectivity index is 1.58. The van der Waals surface area contributed by atoms with Crippen molar-refractivity contribution in [3.8, 4) is 34.5 Å². The van der Waals surface area contributed by atoms with Crippen molar-refractivity contribution in [2.24, 2.45) is 0 Å². The number of ether oxygens (including phenoxy) is 6. The van der Waals surface area contributed by atoms with Crippen molar-refractivity contribution in [2.75, 3.05) is 53.7 Å². The minimum absolute atomic E-state index is 0.161. The molecule has 1 amide bonds. The Morgan fingerprint density at radius 2 is 1.36 bits per heavy atom. The second-order valence-electron chi connectivity index (χ2n) is 8.90. The summed E-state index contributed by atoms with van der Waals surface area (Å²) in [6.07, 6.45) is 0.161. The third-order valence-electron chi connectivity index (χ3n) is 6.40. The molecule has 0 radical (unpaired) electrons. The lowest BCUT2D eigenvalue weighted by Gasteiger charge is -2.17. The molecule has 12 heteroatoms. The molecule has 1 aromatic heterocycles. The molecule has 11 nitrogen and oxygen atoms in total. The number of fused-ring (bicyclic) bond motifs is 1. The second kappa shape index (κ2) is 13.9. The van der Waals surface area contributed by atoms with Gasteiger partial charge in [-0.1, -0.05) is 23.9 Å². The van der Waals surface area contributed by atoms with Crippen molar-refractivity contribution < 1.29 is 33.2 Å². The fraction of sp³-hybridized carbons (Fsp3) is 0.300. The maximum atomic E-state index is 13.6. The van der Waals surface area contributed by atoms with Gasteiger partial charge in [-0.15, -0.1) is 0 Å². The molecule has 42 heavy (non-hydrogen) atoms. The number of thioether (sulfide) groups is 1. The molecular weight excluding hydrogens is 562 g/mol. The number of nitrogens with zero attached hydrogens (tertiary/aromatic N) is 2. The first-order chi connectivity index (χ1) is 20.4. The monoisotopic (exact) mass is 595 g/mol. The third-order valence-corrected chi connectivity index (χ3v) is 7.38. The summed E-state index contributed by atoms with van der Waals surface area (Å²) < 4.78 is 34.1. The Labute approximate surface area is 247 Å². The molecule has 0 saturated heterocycles. The van der Waals surface area contributed by atoms with Gasteiger partial charge in [-0.3, -0.25) is 14.2 Å². The smallest absolute Gasteiger partial charge is 0.262 e. The SMILES string of the molecule is COc1cc(Cn2c(SCCC(=O)Nc3cc(OC)c(OC)c(OC)c3)nc3ccccc3c2=O)cc(OC)c1OC. The molecule has 0 bridgehead atoms. The molecule has 4 rings (SSSR count). The number of carbonyl (C=O) groups excluding carboxylic acids is 1. The maximum Gasteiger partial charge on any atom is 0.262 e. The van der Waals surface area contributed by atoms with Gasteiger partial charge in [0.1, 0.15) is 0 Å². The van der Waals surface area contributed by atoms with Crippen LogP contribution in [0.5, 0.6) is 34.5 Å². The Kier molecular flexibility index (Phi) is 10.0. The first-order valence-corrected chi connectivity index (χ1v) is 13.9. The number of amides is 1. The normalized spacial score (nSPS) is 10.7. The van der Waals surface area contributed by atoms with Gasteiger partial charge in [0, 0.05) is 30.0 Å². The topological polar surface area (TPSA) is 119 Å². The lowest BCUT2D eigenvalue weighted by molar-refractivity contribution is -0.115. The summed E-state index contributed by atoms with van der Waals surface area (Å²) in [7, 11) is 9.13. The fourth-order valence-electron chi connectivity index (χ4n) is 4.42. The predicted molar refractivity (Wildman–Crippen MR) is 161 cm³/mol. The molecular formula is C30H33N3O8S. The van der Waals surface area contributed by atoms with Crippen molar-refractivity contribution in [1.82, 2.24) is 9.55 Å². The van der Waals surface area contributed by atoms with E-state index in [-0.39, 0.29) is 24.4 Å². The Morgan fingerprint density at radius 3 is 1.90 bits per heavy atom. The number of aromatic nitrogens is 2. The molecule has 222 valence electrons. The minimum atomic E-state index is -0.226. The molecule has 0 spiro atoms. The Morgan fingerprint density at radius 1 is 0.810 bits per heavy atom. The summed E-state index contributed by atoms with van der Waals surface area (Å²) in [6, 6.07) is 14.1. The van der Waals surface area contributed by atoms with Crippen LogP contribution in [-0.4, -0.2) is 63.9 Å². The molecule has 0 unspecified atom stereocenters. The van der Waals surface area contributed by atoms with Gasteiger partial charge in [0.2, 0.25) is 17.4 Å². The van der Waals surface area contributed by atoms with Crippen molar-refractivity contribution in [3.05, 3.63) is 64.4 Å². The number of para-hydroxylation sites is 1. The van der Waals surface area contributed by atoms with E-state index in [9.17, 15) is 9.59 Å². The Hall–Kier alpha value is -4.58. The second-order valence-corrected chi connectivity index (χ2v) is 9.96. The number of hydrogen-bond acceptors (Lipinski definition) is 10. The summed E-state index contributed by atoms with van der Waals surface area (Å²) in [5, 5.41) is 3.84. The van der Waals surface area contributed by atoms with E-state index in [2.05, 4.69) is 5.32 Å². The average molecular weight is 596 g/mol. The van der Waals surface area contributed by atoms with E-state index >= 15 is 0 Å². The predicted octanol–water partition coefficient (Wildman–Crippen LogP) is 4.62. The molecule has 4 aromatic rings. The summed E-state index contributed by atoms with van der Waals surface area (Å²) in [5.74, 6) is 2.85. The van der Waals surface area contributed by atoms with Gasteiger partial charge in [0.25, 0.3) is 5.56 Å². The number of nitrogens with one attached hydrogen (secondary N) is 1. The highest BCUT2D eigenvalue weighted by Gasteiger charge is 2.18. The van der Waals surface area contributed by atoms with Gasteiger partial charge < -0.3 is 33.7 Å². The summed E-state index contributed by atoms with van der Waals surface area (Å²) in [4.78, 5) is 31.2. The van der Waals surface area contributed by atoms with E-state index in [1.165, 1.54) is 54.4 Å². The lowest BCUT2D eigenvalue weighted by atomic mass is 10.1. The van der Waals surface area contributed by atoms with Crippen LogP contribution in [0.1, 0.15) is 12.0 Å². The van der Waals surface area contributed by atoms with E-state index in [4.69, 9.17) is 33.4 Å². The van der Waals surface area contributed by atoms with Crippen LogP contribution >= 0.6 is 11.8 Å². The van der Waals surface area contributed by atoms with E-state index in [0.29, 0.717) is 62.0 Å². The number of carbonyl (C=O) groups is 1. The first-order valence-electron chi connectivity index (χ1n) is 12.9. The highest BCUT2D eigenvalue weighted by molar-refractivity contribution is 7.99. The van der Waals surface area contributed by atoms with Crippen LogP contribution in [0, 0.1) is 0 Å². The van der Waals surface area contributed by atoms with E-state index in [1.54, 1.807) is 47.0 Å². The van der Waals surface area contributed by atoms with Crippen LogP contribution in [0.4, 0.5) is 5.69 Å². The average Bonchev–Trinajstić information content (AvgIpc) is 3.01. The van der Waals surface area contributed by atoms with Gasteiger partial charge in [-0.2, -0.15) is 0 Å². The van der Waals surface area contributed by atoms with E-state index in [1.807, 2.05) is 6.07 Å². The minimum Gasteiger partial charge on any atom is -0.493 e. The summed E-state index contributed by atoms with van der Waals surface area (Å²) >= 11 is 1.32. The third kappa shape index (κ3) is 6.49. The zero-order valence-electron chi connectivity index (χ0n) is 24.3. The molecule has 1 heterocycles. The number of benzene rings is 3. The van der Waals surface area contributed by atoms with Crippen LogP contribution in [-0.2, 0) is 11.3 Å². The maximum absolute atomic E-state index is 13.6. The van der Waals surface area contributed by atoms with Crippen molar-refractivity contribution in [1.29, 1.82) is 0 Å². The molecule has 0 aliphatic heterocycles. The van der Waals surface area contributed by atoms with Crippen molar-refractivity contribution >= 4 is 34.3 Å². The number of hydrogen-bond donors (Lipinski definition) is 1. The standard InChI is InChI=1S/C30H33N3O8S/c1-36-22-13-18(14-23(37-2)27(22)40-5)17-33-29(35)20-9-7-8-10-21(20)32-30(33)42-12-11-26(34)31-19-15-24(38-3)28(41-6)25(16-19)39-4/h7-10,13-16H,11-12,17H2,1-6H3,(H,31,34). The molecule has 0 saturated carbocycles. The highest BCUT2D eigenvalue weighted by Crippen LogP contribution is 2.40. The lowest BCUT2D eigenvalue weighted by Crippen LogP contribution is -2.24. The zero-order chi connectivity index (χ0) is 30.2. The van der Waals surface area contributed by atoms with Gasteiger partial charge in [0.15, 0.2) is 28.2 Å². The van der Waals surface area contributed by atoms with Gasteiger partial charge in [-0.05, 0) is 29.8 Å². The molecule has 0 aliphatic rings. The summed E-state index contributed by atoms with van der Waals surface area (Å²) in [6.45, 7) is 0.202. The molecule has 0 aliphatic carbocycles. The number of methoxy groups -OCH3 is 6. The first kappa shape index (κ1) is 30.4. The van der Waals surface area contributed by atoms with Crippen LogP contribution in [0.2, 0.25) is 0 Å². The molecule has 0 atom stereocenters. The van der Waals surface area contributed by atoms with Crippen LogP contribution in [0.3, 0.4) is 0 Å². The van der Waals surface area contributed by atoms with Crippen molar-refractivity contribution in [2.45, 2.75) is 18.1 Å². The van der Waals surface area contributed by atoms with Crippen LogP contribution < -0.4 is 39.3 Å². The molecule has 0 fully saturated rings. The fourth-order valence-corrected chi connectivity index (χ4v) is 5.35. The zero-order valence-corrected chi connectivity index (χ0v) is 25.1. The van der Waals surface area contributed by atoms with Crippen molar-refractivity contribution in [3.63, 3.8) is 0 Å². The number of anilines is 1. The van der Waals surface area contributed by atoms with Crippen LogP contribution in [0.25, 0.3) is 10.9 Å². The summed E-state index contributed by atoms with van der Waals surface area (Å²) in [5.41, 5.74) is 1.64. The molecule has 3 aromatic carbocycles. The van der Waals surface area contributed by atoms with E-state index < -0.39 is 0 Å². The van der Waals surface area contributed by atoms with Gasteiger partial charge in [-0.25, -0.2) is 4.98 Å². The Bertz CT molecular complexity index is 1590. The van der Waals surface area contributed by atoms with Gasteiger partial charge in [0.05, 0.1) is 60.1 Å².